The topological polar surface area (TPSA) is 53.4 Å². The fourth-order valence-corrected chi connectivity index (χ4v) is 1.98. The first-order chi connectivity index (χ1) is 9.55. The van der Waals surface area contributed by atoms with Gasteiger partial charge in [0.25, 0.3) is 0 Å². The van der Waals surface area contributed by atoms with E-state index in [-0.39, 0.29) is 5.97 Å². The molecule has 2 aromatic rings. The van der Waals surface area contributed by atoms with Gasteiger partial charge in [-0.25, -0.2) is 9.78 Å². The van der Waals surface area contributed by atoms with E-state index in [4.69, 9.17) is 9.47 Å². The predicted octanol–water partition coefficient (Wildman–Crippen LogP) is 2.52. The molecule has 2 heterocycles. The highest BCUT2D eigenvalue weighted by Crippen LogP contribution is 2.27. The summed E-state index contributed by atoms with van der Waals surface area (Å²) in [6, 6.07) is 7.54. The molecule has 1 aliphatic heterocycles. The molecule has 0 atom stereocenters. The molecule has 5 nitrogen and oxygen atoms in total. The second-order valence-corrected chi connectivity index (χ2v) is 4.96. The van der Waals surface area contributed by atoms with Crippen LogP contribution in [0.15, 0.2) is 49.2 Å². The van der Waals surface area contributed by atoms with Gasteiger partial charge in [0, 0.05) is 31.9 Å². The average Bonchev–Trinajstić information content (AvgIpc) is 2.91. The number of nitrogens with zero attached hydrogens (tertiary/aromatic N) is 2. The van der Waals surface area contributed by atoms with Crippen LogP contribution in [0.4, 0.5) is 0 Å². The smallest absolute Gasteiger partial charge is 0.345 e. The lowest BCUT2D eigenvalue weighted by atomic mass is 10.1. The number of benzene rings is 1. The monoisotopic (exact) mass is 270 g/mol. The number of carbonyl (C=O) groups is 1. The van der Waals surface area contributed by atoms with Crippen molar-refractivity contribution in [2.45, 2.75) is 19.6 Å². The molecule has 0 amide bonds. The minimum atomic E-state index is -0.914. The van der Waals surface area contributed by atoms with Crippen LogP contribution in [-0.2, 0) is 14.3 Å². The van der Waals surface area contributed by atoms with Crippen molar-refractivity contribution in [2.24, 2.45) is 0 Å². The Morgan fingerprint density at radius 3 is 2.85 bits per heavy atom. The lowest BCUT2D eigenvalue weighted by molar-refractivity contribution is -0.196. The third-order valence-electron chi connectivity index (χ3n) is 2.98. The standard InChI is InChI=1S/C15H14N2O3/c1-15(2)19-9-13(14(18)20-15)11-4-3-5-12(8-11)17-7-6-16-10-17/h3-10H,1-2H3. The number of hydrogen-bond acceptors (Lipinski definition) is 4. The van der Waals surface area contributed by atoms with E-state index in [0.29, 0.717) is 5.57 Å². The lowest BCUT2D eigenvalue weighted by Gasteiger charge is -2.29. The van der Waals surface area contributed by atoms with Crippen LogP contribution < -0.4 is 0 Å². The Kier molecular flexibility index (Phi) is 2.82. The van der Waals surface area contributed by atoms with Crippen LogP contribution in [0.1, 0.15) is 19.4 Å². The van der Waals surface area contributed by atoms with Gasteiger partial charge in [-0.3, -0.25) is 0 Å². The van der Waals surface area contributed by atoms with Crippen molar-refractivity contribution in [2.75, 3.05) is 0 Å². The zero-order chi connectivity index (χ0) is 14.2. The van der Waals surface area contributed by atoms with Crippen molar-refractivity contribution in [1.82, 2.24) is 9.55 Å². The predicted molar refractivity (Wildman–Crippen MR) is 72.8 cm³/mol. The van der Waals surface area contributed by atoms with Gasteiger partial charge >= 0.3 is 5.97 Å². The van der Waals surface area contributed by atoms with E-state index in [1.165, 1.54) is 6.26 Å². The number of esters is 1. The molecule has 1 aromatic heterocycles. The minimum absolute atomic E-state index is 0.385. The molecule has 20 heavy (non-hydrogen) atoms. The summed E-state index contributed by atoms with van der Waals surface area (Å²) in [4.78, 5) is 16.0. The van der Waals surface area contributed by atoms with E-state index in [1.807, 2.05) is 35.0 Å². The molecule has 0 radical (unpaired) electrons. The van der Waals surface area contributed by atoms with Gasteiger partial charge < -0.3 is 14.0 Å². The third-order valence-corrected chi connectivity index (χ3v) is 2.98. The summed E-state index contributed by atoms with van der Waals surface area (Å²) in [5.41, 5.74) is 2.07. The van der Waals surface area contributed by atoms with Crippen LogP contribution in [0.25, 0.3) is 11.3 Å². The van der Waals surface area contributed by atoms with Crippen LogP contribution in [0.5, 0.6) is 0 Å². The van der Waals surface area contributed by atoms with Crippen molar-refractivity contribution in [3.63, 3.8) is 0 Å². The zero-order valence-corrected chi connectivity index (χ0v) is 11.2. The van der Waals surface area contributed by atoms with Crippen molar-refractivity contribution >= 4 is 11.5 Å². The van der Waals surface area contributed by atoms with Crippen molar-refractivity contribution in [3.8, 4) is 5.69 Å². The van der Waals surface area contributed by atoms with Crippen LogP contribution in [-0.4, -0.2) is 21.3 Å². The fraction of sp³-hybridized carbons (Fsp3) is 0.200. The number of hydrogen-bond donors (Lipinski definition) is 0. The van der Waals surface area contributed by atoms with Crippen molar-refractivity contribution in [1.29, 1.82) is 0 Å². The molecule has 0 spiro atoms. The molecular weight excluding hydrogens is 256 g/mol. The van der Waals surface area contributed by atoms with Gasteiger partial charge in [0.15, 0.2) is 0 Å². The summed E-state index contributed by atoms with van der Waals surface area (Å²) in [6.45, 7) is 3.39. The van der Waals surface area contributed by atoms with Crippen LogP contribution >= 0.6 is 0 Å². The SMILES string of the molecule is CC1(C)OC=C(c2cccc(-n3ccnc3)c2)C(=O)O1. The van der Waals surface area contributed by atoms with Crippen molar-refractivity contribution in [3.05, 3.63) is 54.8 Å². The van der Waals surface area contributed by atoms with E-state index in [9.17, 15) is 4.79 Å². The maximum Gasteiger partial charge on any atom is 0.345 e. The molecule has 5 heteroatoms. The van der Waals surface area contributed by atoms with Gasteiger partial charge in [-0.15, -0.1) is 0 Å². The van der Waals surface area contributed by atoms with Crippen molar-refractivity contribution < 1.29 is 14.3 Å². The summed E-state index contributed by atoms with van der Waals surface area (Å²) in [5.74, 6) is -1.30. The first-order valence-electron chi connectivity index (χ1n) is 6.25. The molecule has 0 saturated carbocycles. The molecule has 1 aliphatic rings. The number of aromatic nitrogens is 2. The Labute approximate surface area is 116 Å². The van der Waals surface area contributed by atoms with E-state index >= 15 is 0 Å². The highest BCUT2D eigenvalue weighted by atomic mass is 16.7. The van der Waals surface area contributed by atoms with Gasteiger partial charge in [0.1, 0.15) is 11.8 Å². The Morgan fingerprint density at radius 1 is 1.30 bits per heavy atom. The van der Waals surface area contributed by atoms with Gasteiger partial charge in [-0.2, -0.15) is 0 Å². The second-order valence-electron chi connectivity index (χ2n) is 4.96. The molecule has 3 rings (SSSR count). The van der Waals surface area contributed by atoms with E-state index in [2.05, 4.69) is 4.98 Å². The minimum Gasteiger partial charge on any atom is -0.459 e. The summed E-state index contributed by atoms with van der Waals surface area (Å²) < 4.78 is 12.5. The molecule has 1 aromatic carbocycles. The Bertz CT molecular complexity index is 672. The van der Waals surface area contributed by atoms with Gasteiger partial charge in [-0.05, 0) is 17.7 Å². The molecule has 0 saturated heterocycles. The number of cyclic esters (lactones) is 1. The maximum absolute atomic E-state index is 12.0. The average molecular weight is 270 g/mol. The van der Waals surface area contributed by atoms with Crippen LogP contribution in [0.2, 0.25) is 0 Å². The number of rotatable bonds is 2. The maximum atomic E-state index is 12.0. The molecule has 102 valence electrons. The van der Waals surface area contributed by atoms with Crippen LogP contribution in [0, 0.1) is 0 Å². The molecule has 0 bridgehead atoms. The molecule has 0 aliphatic carbocycles. The summed E-state index contributed by atoms with van der Waals surface area (Å²) in [5, 5.41) is 0. The quantitative estimate of drug-likeness (QED) is 0.787. The normalized spacial score (nSPS) is 17.1. The number of imidazole rings is 1. The fourth-order valence-electron chi connectivity index (χ4n) is 1.98. The lowest BCUT2D eigenvalue weighted by Crippen LogP contribution is -2.33. The van der Waals surface area contributed by atoms with Gasteiger partial charge in [0.2, 0.25) is 5.79 Å². The number of ether oxygens (including phenoxy) is 2. The Hall–Kier alpha value is -2.56. The summed E-state index contributed by atoms with van der Waals surface area (Å²) in [7, 11) is 0. The zero-order valence-electron chi connectivity index (χ0n) is 11.2. The largest absolute Gasteiger partial charge is 0.459 e. The summed E-state index contributed by atoms with van der Waals surface area (Å²) >= 11 is 0. The molecular formula is C15H14N2O3. The highest BCUT2D eigenvalue weighted by molar-refractivity contribution is 6.16. The molecule has 0 N–H and O–H groups in total. The second kappa shape index (κ2) is 4.52. The Morgan fingerprint density at radius 2 is 2.15 bits per heavy atom. The summed E-state index contributed by atoms with van der Waals surface area (Å²) in [6.07, 6.45) is 6.70. The highest BCUT2D eigenvalue weighted by Gasteiger charge is 2.31. The first-order valence-corrected chi connectivity index (χ1v) is 6.25. The van der Waals surface area contributed by atoms with Gasteiger partial charge in [-0.1, -0.05) is 12.1 Å². The molecule has 0 fully saturated rings. The van der Waals surface area contributed by atoms with Crippen LogP contribution in [0.3, 0.4) is 0 Å². The van der Waals surface area contributed by atoms with E-state index < -0.39 is 5.79 Å². The van der Waals surface area contributed by atoms with E-state index in [1.54, 1.807) is 26.4 Å². The number of carbonyl (C=O) groups excluding carboxylic acids is 1. The first kappa shape index (κ1) is 12.5. The molecule has 0 unspecified atom stereocenters. The van der Waals surface area contributed by atoms with Gasteiger partial charge in [0.05, 0.1) is 6.33 Å². The third kappa shape index (κ3) is 2.30. The van der Waals surface area contributed by atoms with E-state index in [0.717, 1.165) is 11.3 Å². The Balaban J connectivity index is 1.98.